The Morgan fingerprint density at radius 3 is 2.72 bits per heavy atom. The predicted molar refractivity (Wildman–Crippen MR) is 110 cm³/mol. The van der Waals surface area contributed by atoms with Gasteiger partial charge in [0.15, 0.2) is 5.76 Å². The fourth-order valence-electron chi connectivity index (χ4n) is 2.72. The van der Waals surface area contributed by atoms with E-state index in [1.165, 1.54) is 18.3 Å². The van der Waals surface area contributed by atoms with Gasteiger partial charge in [0.25, 0.3) is 0 Å². The molecule has 0 fully saturated rings. The summed E-state index contributed by atoms with van der Waals surface area (Å²) in [6.45, 7) is 0. The Balaban J connectivity index is 1.45. The van der Waals surface area contributed by atoms with Crippen LogP contribution in [0.5, 0.6) is 0 Å². The monoisotopic (exact) mass is 452 g/mol. The second-order valence-corrected chi connectivity index (χ2v) is 7.00. The quantitative estimate of drug-likeness (QED) is 0.330. The topological polar surface area (TPSA) is 105 Å². The molecule has 0 aliphatic rings. The molecule has 0 aliphatic carbocycles. The number of carbonyl (C=O) groups excluding carboxylic acids is 1. The molecule has 0 bridgehead atoms. The van der Waals surface area contributed by atoms with E-state index in [0.29, 0.717) is 22.7 Å². The lowest BCUT2D eigenvalue weighted by Gasteiger charge is -1.99. The summed E-state index contributed by atoms with van der Waals surface area (Å²) < 4.78 is 12.0. The highest BCUT2D eigenvalue weighted by molar-refractivity contribution is 9.10. The summed E-state index contributed by atoms with van der Waals surface area (Å²) >= 11 is 3.37. The van der Waals surface area contributed by atoms with Crippen LogP contribution in [0, 0.1) is 0 Å². The lowest BCUT2D eigenvalue weighted by atomic mass is 10.1. The van der Waals surface area contributed by atoms with Gasteiger partial charge in [-0.05, 0) is 48.5 Å². The minimum Gasteiger partial charge on any atom is -0.478 e. The summed E-state index contributed by atoms with van der Waals surface area (Å²) in [7, 11) is 0. The van der Waals surface area contributed by atoms with E-state index in [1.807, 2.05) is 12.1 Å². The minimum atomic E-state index is -1.01. The van der Waals surface area contributed by atoms with E-state index in [0.717, 1.165) is 9.86 Å². The van der Waals surface area contributed by atoms with Crippen LogP contribution in [-0.2, 0) is 0 Å². The molecule has 0 spiro atoms. The zero-order valence-corrected chi connectivity index (χ0v) is 16.3. The second-order valence-electron chi connectivity index (χ2n) is 6.08. The van der Waals surface area contributed by atoms with Crippen LogP contribution >= 0.6 is 15.9 Å². The first-order chi connectivity index (χ1) is 14.0. The Labute approximate surface area is 172 Å². The number of hydrogen-bond acceptors (Lipinski definition) is 5. The molecule has 7 nitrogen and oxygen atoms in total. The first-order valence-corrected chi connectivity index (χ1v) is 9.25. The van der Waals surface area contributed by atoms with E-state index in [9.17, 15) is 9.59 Å². The summed E-state index contributed by atoms with van der Waals surface area (Å²) in [5.41, 5.74) is 3.77. The molecule has 2 aromatic carbocycles. The van der Waals surface area contributed by atoms with Crippen LogP contribution in [0.25, 0.3) is 22.3 Å². The number of amides is 1. The second kappa shape index (κ2) is 7.76. The molecule has 0 aliphatic heterocycles. The van der Waals surface area contributed by atoms with Crippen LogP contribution in [0.1, 0.15) is 26.7 Å². The van der Waals surface area contributed by atoms with Crippen molar-refractivity contribution in [1.82, 2.24) is 5.43 Å². The van der Waals surface area contributed by atoms with Gasteiger partial charge in [0.2, 0.25) is 0 Å². The molecule has 0 saturated carbocycles. The van der Waals surface area contributed by atoms with E-state index in [2.05, 4.69) is 26.5 Å². The Morgan fingerprint density at radius 2 is 1.90 bits per heavy atom. The first-order valence-electron chi connectivity index (χ1n) is 8.46. The number of nitrogens with one attached hydrogen (secondary N) is 1. The van der Waals surface area contributed by atoms with Crippen LogP contribution in [0.2, 0.25) is 0 Å². The highest BCUT2D eigenvalue weighted by Gasteiger charge is 2.12. The maximum absolute atomic E-state index is 12.2. The molecule has 0 saturated heterocycles. The molecule has 4 rings (SSSR count). The number of fused-ring (bicyclic) bond motifs is 1. The summed E-state index contributed by atoms with van der Waals surface area (Å²) in [6.07, 6.45) is 1.35. The number of hydrazone groups is 1. The molecule has 0 unspecified atom stereocenters. The molecule has 2 heterocycles. The number of carboxylic acid groups (broad SMARTS) is 1. The fraction of sp³-hybridized carbons (Fsp3) is 0. The molecule has 4 aromatic rings. The zero-order valence-electron chi connectivity index (χ0n) is 14.8. The average Bonchev–Trinajstić information content (AvgIpc) is 3.34. The van der Waals surface area contributed by atoms with Gasteiger partial charge in [0.05, 0.1) is 11.8 Å². The molecule has 0 atom stereocenters. The summed E-state index contributed by atoms with van der Waals surface area (Å²) in [5, 5.41) is 13.8. The highest BCUT2D eigenvalue weighted by atomic mass is 79.9. The van der Waals surface area contributed by atoms with Crippen LogP contribution < -0.4 is 5.43 Å². The number of furan rings is 2. The largest absolute Gasteiger partial charge is 0.478 e. The predicted octanol–water partition coefficient (Wildman–Crippen LogP) is 4.92. The smallest absolute Gasteiger partial charge is 0.335 e. The van der Waals surface area contributed by atoms with Crippen molar-refractivity contribution < 1.29 is 23.5 Å². The van der Waals surface area contributed by atoms with Crippen molar-refractivity contribution in [2.45, 2.75) is 0 Å². The Morgan fingerprint density at radius 1 is 1.03 bits per heavy atom. The van der Waals surface area contributed by atoms with Crippen molar-refractivity contribution in [1.29, 1.82) is 0 Å². The number of hydrogen-bond donors (Lipinski definition) is 2. The molecular formula is C21H13BrN2O5. The number of nitrogens with zero attached hydrogens (tertiary/aromatic N) is 1. The van der Waals surface area contributed by atoms with Crippen molar-refractivity contribution in [3.63, 3.8) is 0 Å². The number of aromatic carboxylic acids is 1. The number of carbonyl (C=O) groups is 2. The van der Waals surface area contributed by atoms with Crippen LogP contribution in [0.3, 0.4) is 0 Å². The number of benzene rings is 2. The molecule has 29 heavy (non-hydrogen) atoms. The third-order valence-electron chi connectivity index (χ3n) is 4.08. The molecule has 1 amide bonds. The van der Waals surface area contributed by atoms with Gasteiger partial charge in [-0.25, -0.2) is 10.2 Å². The van der Waals surface area contributed by atoms with Gasteiger partial charge in [0.1, 0.15) is 17.1 Å². The van der Waals surface area contributed by atoms with E-state index in [1.54, 1.807) is 36.4 Å². The van der Waals surface area contributed by atoms with Gasteiger partial charge in [-0.15, -0.1) is 0 Å². The SMILES string of the molecule is O=C(O)c1cccc(-c2ccc(/C=N\NC(=O)c3cc4cc(Br)ccc4o3)o2)c1. The summed E-state index contributed by atoms with van der Waals surface area (Å²) in [4.78, 5) is 23.3. The van der Waals surface area contributed by atoms with Crippen molar-refractivity contribution in [3.8, 4) is 11.3 Å². The third kappa shape index (κ3) is 4.12. The van der Waals surface area contributed by atoms with Gasteiger partial charge < -0.3 is 13.9 Å². The van der Waals surface area contributed by atoms with Gasteiger partial charge in [-0.2, -0.15) is 5.10 Å². The minimum absolute atomic E-state index is 0.140. The normalized spacial score (nSPS) is 11.2. The highest BCUT2D eigenvalue weighted by Crippen LogP contribution is 2.24. The van der Waals surface area contributed by atoms with E-state index >= 15 is 0 Å². The summed E-state index contributed by atoms with van der Waals surface area (Å²) in [6, 6.07) is 16.8. The van der Waals surface area contributed by atoms with Crippen molar-refractivity contribution >= 4 is 45.0 Å². The van der Waals surface area contributed by atoms with Gasteiger partial charge in [-0.1, -0.05) is 28.1 Å². The number of halogens is 1. The van der Waals surface area contributed by atoms with Gasteiger partial charge in [-0.3, -0.25) is 4.79 Å². The Bertz CT molecular complexity index is 1250. The maximum Gasteiger partial charge on any atom is 0.335 e. The molecular weight excluding hydrogens is 440 g/mol. The van der Waals surface area contributed by atoms with Gasteiger partial charge in [0, 0.05) is 15.4 Å². The number of rotatable bonds is 5. The summed E-state index contributed by atoms with van der Waals surface area (Å²) in [5.74, 6) is -0.477. The van der Waals surface area contributed by atoms with Crippen LogP contribution in [0.15, 0.2) is 79.1 Å². The fourth-order valence-corrected chi connectivity index (χ4v) is 3.10. The lowest BCUT2D eigenvalue weighted by Crippen LogP contribution is -2.16. The van der Waals surface area contributed by atoms with E-state index in [-0.39, 0.29) is 11.3 Å². The average molecular weight is 453 g/mol. The lowest BCUT2D eigenvalue weighted by molar-refractivity contribution is 0.0696. The van der Waals surface area contributed by atoms with Crippen molar-refractivity contribution in [2.75, 3.05) is 0 Å². The first kappa shape index (κ1) is 18.7. The van der Waals surface area contributed by atoms with Crippen LogP contribution in [0.4, 0.5) is 0 Å². The van der Waals surface area contributed by atoms with Crippen LogP contribution in [-0.4, -0.2) is 23.2 Å². The standard InChI is InChI=1S/C21H13BrN2O5/c22-15-4-6-18-14(9-15)10-19(29-18)20(25)24-23-11-16-5-7-17(28-16)12-2-1-3-13(8-12)21(26)27/h1-11H,(H,24,25)(H,26,27)/b23-11-. The number of carboxylic acids is 1. The van der Waals surface area contributed by atoms with Crippen molar-refractivity contribution in [3.05, 3.63) is 82.2 Å². The molecule has 2 N–H and O–H groups in total. The zero-order chi connectivity index (χ0) is 20.4. The molecule has 2 aromatic heterocycles. The molecule has 8 heteroatoms. The van der Waals surface area contributed by atoms with E-state index < -0.39 is 11.9 Å². The Hall–Kier alpha value is -3.65. The molecule has 144 valence electrons. The third-order valence-corrected chi connectivity index (χ3v) is 4.57. The molecule has 0 radical (unpaired) electrons. The van der Waals surface area contributed by atoms with Crippen molar-refractivity contribution in [2.24, 2.45) is 5.10 Å². The van der Waals surface area contributed by atoms with Gasteiger partial charge >= 0.3 is 11.9 Å². The van der Waals surface area contributed by atoms with E-state index in [4.69, 9.17) is 13.9 Å². The maximum atomic E-state index is 12.2. The Kier molecular flexibility index (Phi) is 5.01.